The first kappa shape index (κ1) is 11.6. The summed E-state index contributed by atoms with van der Waals surface area (Å²) in [7, 11) is 0. The van der Waals surface area contributed by atoms with Crippen molar-refractivity contribution in [2.75, 3.05) is 6.61 Å². The fraction of sp³-hybridized carbons (Fsp3) is 0.533. The van der Waals surface area contributed by atoms with E-state index in [2.05, 4.69) is 6.92 Å². The number of phenolic OH excluding ortho intramolecular Hbond substituents is 1. The zero-order chi connectivity index (χ0) is 12.9. The molecule has 3 heteroatoms. The Balaban J connectivity index is 1.96. The van der Waals surface area contributed by atoms with Crippen molar-refractivity contribution in [2.24, 2.45) is 11.8 Å². The van der Waals surface area contributed by atoms with Crippen molar-refractivity contribution in [3.8, 4) is 5.75 Å². The average Bonchev–Trinajstić information content (AvgIpc) is 2.75. The molecule has 0 aromatic heterocycles. The van der Waals surface area contributed by atoms with Gasteiger partial charge in [-0.3, -0.25) is 4.79 Å². The molecule has 3 nitrogen and oxygen atoms in total. The first-order valence-electron chi connectivity index (χ1n) is 6.60. The highest BCUT2D eigenvalue weighted by Gasteiger charge is 2.68. The predicted octanol–water partition coefficient (Wildman–Crippen LogP) is 2.41. The molecule has 0 unspecified atom stereocenters. The minimum Gasteiger partial charge on any atom is -0.508 e. The largest absolute Gasteiger partial charge is 0.508 e. The van der Waals surface area contributed by atoms with Gasteiger partial charge in [0.05, 0.1) is 12.5 Å². The van der Waals surface area contributed by atoms with Gasteiger partial charge >= 0.3 is 5.97 Å². The number of carbonyl (C=O) groups excluding carboxylic acids is 1. The summed E-state index contributed by atoms with van der Waals surface area (Å²) in [5, 5.41) is 9.65. The molecule has 1 saturated carbocycles. The van der Waals surface area contributed by atoms with Gasteiger partial charge in [0, 0.05) is 5.41 Å². The maximum absolute atomic E-state index is 12.0. The topological polar surface area (TPSA) is 46.5 Å². The molecule has 0 amide bonds. The molecule has 1 aromatic rings. The number of phenols is 1. The average molecular weight is 246 g/mol. The summed E-state index contributed by atoms with van der Waals surface area (Å²) in [5.41, 5.74) is 2.36. The standard InChI is InChI=1S/C15H18O3/c1-3-18-14(17)13-9(2)15(13)7-6-10-4-5-11(16)8-12(10)15/h4-5,8-9,13,16H,3,6-7H2,1-2H3/t9-,13-,15-/m1/s1. The summed E-state index contributed by atoms with van der Waals surface area (Å²) in [4.78, 5) is 12.0. The van der Waals surface area contributed by atoms with Crippen LogP contribution in [0.1, 0.15) is 31.4 Å². The molecular formula is C15H18O3. The van der Waals surface area contributed by atoms with Crippen LogP contribution in [0.2, 0.25) is 0 Å². The van der Waals surface area contributed by atoms with Gasteiger partial charge in [0.25, 0.3) is 0 Å². The fourth-order valence-electron chi connectivity index (χ4n) is 3.76. The number of carbonyl (C=O) groups is 1. The van der Waals surface area contributed by atoms with Gasteiger partial charge in [-0.2, -0.15) is 0 Å². The van der Waals surface area contributed by atoms with Crippen molar-refractivity contribution in [3.05, 3.63) is 29.3 Å². The lowest BCUT2D eigenvalue weighted by Gasteiger charge is -2.11. The van der Waals surface area contributed by atoms with E-state index in [-0.39, 0.29) is 23.1 Å². The number of aryl methyl sites for hydroxylation is 1. The molecule has 1 N–H and O–H groups in total. The smallest absolute Gasteiger partial charge is 0.310 e. The third-order valence-corrected chi connectivity index (χ3v) is 4.70. The molecule has 1 spiro atoms. The predicted molar refractivity (Wildman–Crippen MR) is 67.4 cm³/mol. The van der Waals surface area contributed by atoms with Crippen molar-refractivity contribution < 1.29 is 14.6 Å². The van der Waals surface area contributed by atoms with Gasteiger partial charge in [0.1, 0.15) is 5.75 Å². The van der Waals surface area contributed by atoms with Crippen molar-refractivity contribution in [2.45, 2.75) is 32.1 Å². The van der Waals surface area contributed by atoms with Crippen LogP contribution in [0.25, 0.3) is 0 Å². The molecular weight excluding hydrogens is 228 g/mol. The molecule has 0 saturated heterocycles. The van der Waals surface area contributed by atoms with Crippen LogP contribution in [0.4, 0.5) is 0 Å². The number of aromatic hydroxyl groups is 1. The lowest BCUT2D eigenvalue weighted by atomic mass is 9.93. The second kappa shape index (κ2) is 3.74. The number of benzene rings is 1. The lowest BCUT2D eigenvalue weighted by Crippen LogP contribution is -2.15. The third kappa shape index (κ3) is 1.33. The molecule has 2 aliphatic rings. The zero-order valence-corrected chi connectivity index (χ0v) is 10.8. The van der Waals surface area contributed by atoms with Gasteiger partial charge < -0.3 is 9.84 Å². The third-order valence-electron chi connectivity index (χ3n) is 4.70. The monoisotopic (exact) mass is 246 g/mol. The van der Waals surface area contributed by atoms with E-state index < -0.39 is 0 Å². The summed E-state index contributed by atoms with van der Waals surface area (Å²) in [6.45, 7) is 4.39. The minimum absolute atomic E-state index is 0.0273. The van der Waals surface area contributed by atoms with Gasteiger partial charge in [-0.15, -0.1) is 0 Å². The number of esters is 1. The Morgan fingerprint density at radius 1 is 1.56 bits per heavy atom. The summed E-state index contributed by atoms with van der Waals surface area (Å²) >= 11 is 0. The highest BCUT2D eigenvalue weighted by molar-refractivity contribution is 5.81. The Bertz CT molecular complexity index is 508. The zero-order valence-electron chi connectivity index (χ0n) is 10.8. The van der Waals surface area contributed by atoms with E-state index in [0.29, 0.717) is 12.5 Å². The van der Waals surface area contributed by atoms with E-state index in [4.69, 9.17) is 4.74 Å². The molecule has 1 fully saturated rings. The molecule has 2 aliphatic carbocycles. The van der Waals surface area contributed by atoms with E-state index in [9.17, 15) is 9.90 Å². The van der Waals surface area contributed by atoms with E-state index in [1.807, 2.05) is 19.1 Å². The summed E-state index contributed by atoms with van der Waals surface area (Å²) in [5.74, 6) is 0.498. The normalized spacial score (nSPS) is 32.3. The first-order valence-corrected chi connectivity index (χ1v) is 6.60. The van der Waals surface area contributed by atoms with E-state index in [1.165, 1.54) is 5.56 Å². The maximum Gasteiger partial charge on any atom is 0.310 e. The highest BCUT2D eigenvalue weighted by atomic mass is 16.5. The van der Waals surface area contributed by atoms with E-state index in [1.54, 1.807) is 6.07 Å². The molecule has 0 aliphatic heterocycles. The fourth-order valence-corrected chi connectivity index (χ4v) is 3.76. The molecule has 0 bridgehead atoms. The summed E-state index contributed by atoms with van der Waals surface area (Å²) < 4.78 is 5.17. The molecule has 0 heterocycles. The Hall–Kier alpha value is -1.51. The van der Waals surface area contributed by atoms with Gasteiger partial charge in [-0.1, -0.05) is 13.0 Å². The molecule has 0 radical (unpaired) electrons. The number of fused-ring (bicyclic) bond motifs is 2. The minimum atomic E-state index is -0.0822. The van der Waals surface area contributed by atoms with Crippen LogP contribution in [0, 0.1) is 11.8 Å². The Kier molecular flexibility index (Phi) is 2.40. The van der Waals surface area contributed by atoms with Crippen molar-refractivity contribution >= 4 is 5.97 Å². The van der Waals surface area contributed by atoms with Crippen LogP contribution < -0.4 is 0 Å². The van der Waals surface area contributed by atoms with Crippen LogP contribution >= 0.6 is 0 Å². The molecule has 18 heavy (non-hydrogen) atoms. The van der Waals surface area contributed by atoms with E-state index >= 15 is 0 Å². The maximum atomic E-state index is 12.0. The molecule has 96 valence electrons. The van der Waals surface area contributed by atoms with Crippen molar-refractivity contribution in [1.82, 2.24) is 0 Å². The molecule has 1 aromatic carbocycles. The number of hydrogen-bond donors (Lipinski definition) is 1. The Labute approximate surface area is 107 Å². The van der Waals surface area contributed by atoms with Gasteiger partial charge in [0.2, 0.25) is 0 Å². The summed E-state index contributed by atoms with van der Waals surface area (Å²) in [6, 6.07) is 5.54. The van der Waals surface area contributed by atoms with Crippen LogP contribution in [-0.2, 0) is 21.4 Å². The van der Waals surface area contributed by atoms with Gasteiger partial charge in [0.15, 0.2) is 0 Å². The Morgan fingerprint density at radius 2 is 2.33 bits per heavy atom. The number of rotatable bonds is 2. The first-order chi connectivity index (χ1) is 8.61. The van der Waals surface area contributed by atoms with Gasteiger partial charge in [-0.05, 0) is 48.9 Å². The van der Waals surface area contributed by atoms with E-state index in [0.717, 1.165) is 18.4 Å². The highest BCUT2D eigenvalue weighted by Crippen LogP contribution is 2.66. The quantitative estimate of drug-likeness (QED) is 0.815. The SMILES string of the molecule is CCOC(=O)[C@H]1[C@@H](C)[C@@]12CCc1ccc(O)cc12. The van der Waals surface area contributed by atoms with Crippen molar-refractivity contribution in [3.63, 3.8) is 0 Å². The number of ether oxygens (including phenoxy) is 1. The van der Waals surface area contributed by atoms with Crippen LogP contribution in [-0.4, -0.2) is 17.7 Å². The van der Waals surface area contributed by atoms with Gasteiger partial charge in [-0.25, -0.2) is 0 Å². The van der Waals surface area contributed by atoms with Crippen molar-refractivity contribution in [1.29, 1.82) is 0 Å². The van der Waals surface area contributed by atoms with Crippen LogP contribution in [0.5, 0.6) is 5.75 Å². The van der Waals surface area contributed by atoms with Crippen LogP contribution in [0.3, 0.4) is 0 Å². The number of hydrogen-bond acceptors (Lipinski definition) is 3. The summed E-state index contributed by atoms with van der Waals surface area (Å²) in [6.07, 6.45) is 1.99. The molecule has 3 rings (SSSR count). The lowest BCUT2D eigenvalue weighted by molar-refractivity contribution is -0.145. The molecule has 3 atom stereocenters. The second-order valence-corrected chi connectivity index (χ2v) is 5.40. The van der Waals surface area contributed by atoms with Crippen LogP contribution in [0.15, 0.2) is 18.2 Å². The second-order valence-electron chi connectivity index (χ2n) is 5.40. The Morgan fingerprint density at radius 3 is 3.06 bits per heavy atom.